The third-order valence-electron chi connectivity index (χ3n) is 6.20. The van der Waals surface area contributed by atoms with E-state index in [0.29, 0.717) is 29.4 Å². The summed E-state index contributed by atoms with van der Waals surface area (Å²) in [5.74, 6) is -0.304. The molecule has 2 aliphatic rings. The van der Waals surface area contributed by atoms with Crippen LogP contribution in [-0.4, -0.2) is 30.3 Å². The average Bonchev–Trinajstić information content (AvgIpc) is 3.52. The van der Waals surface area contributed by atoms with E-state index in [0.717, 1.165) is 30.4 Å². The minimum Gasteiger partial charge on any atom is -0.402 e. The molecule has 4 N–H and O–H groups in total. The summed E-state index contributed by atoms with van der Waals surface area (Å²) in [5, 5.41) is 5.82. The maximum absolute atomic E-state index is 14.1. The lowest BCUT2D eigenvalue weighted by Crippen LogP contribution is -2.31. The Balaban J connectivity index is 1.69. The number of benzene rings is 1. The molecule has 6 nitrogen and oxygen atoms in total. The summed E-state index contributed by atoms with van der Waals surface area (Å²) < 4.78 is 14.1. The Morgan fingerprint density at radius 2 is 2.00 bits per heavy atom. The fraction of sp³-hybridized carbons (Fsp3) is 0.462. The number of nitrogens with one attached hydrogen (secondary N) is 2. The summed E-state index contributed by atoms with van der Waals surface area (Å²) in [6.07, 6.45) is 8.44. The number of rotatable bonds is 9. The molecule has 0 spiro atoms. The van der Waals surface area contributed by atoms with Gasteiger partial charge in [0.05, 0.1) is 5.92 Å². The second kappa shape index (κ2) is 10.7. The number of allylic oxidation sites excluding steroid dienone is 3. The molecule has 2 unspecified atom stereocenters. The summed E-state index contributed by atoms with van der Waals surface area (Å²) >= 11 is 0. The number of carbonyl (C=O) groups excluding carboxylic acids is 2. The van der Waals surface area contributed by atoms with Gasteiger partial charge in [0.2, 0.25) is 11.8 Å². The SMILES string of the molecule is CN/C=C(\C)c1cc(F)cc(CNC(=O)C(C)/C=C(\C=C(\C)N)N2CCC(C3CC3)C2=O)c1. The van der Waals surface area contributed by atoms with Crippen LogP contribution < -0.4 is 16.4 Å². The maximum Gasteiger partial charge on any atom is 0.230 e. The fourth-order valence-corrected chi connectivity index (χ4v) is 4.31. The van der Waals surface area contributed by atoms with Gasteiger partial charge >= 0.3 is 0 Å². The van der Waals surface area contributed by atoms with Crippen LogP contribution in [0.1, 0.15) is 51.2 Å². The van der Waals surface area contributed by atoms with E-state index in [4.69, 9.17) is 5.73 Å². The Kier molecular flexibility index (Phi) is 7.95. The standard InChI is InChI=1S/C26H35FN4O2/c1-16(9-23(10-18(3)28)31-8-7-24(26(31)33)20-5-6-20)25(32)30-15-19-11-21(13-22(27)12-19)17(2)14-29-4/h9-14,16,20,24,29H,5-8,15,28H2,1-4H3,(H,30,32)/b17-14+,18-10-,23-9+. The first-order valence-corrected chi connectivity index (χ1v) is 11.6. The van der Waals surface area contributed by atoms with Crippen LogP contribution in [0.5, 0.6) is 0 Å². The Bertz CT molecular complexity index is 990. The molecule has 0 bridgehead atoms. The highest BCUT2D eigenvalue weighted by Gasteiger charge is 2.42. The Hall–Kier alpha value is -3.09. The number of halogens is 1. The zero-order chi connectivity index (χ0) is 24.1. The van der Waals surface area contributed by atoms with Gasteiger partial charge in [-0.15, -0.1) is 0 Å². The molecule has 1 aliphatic heterocycles. The zero-order valence-corrected chi connectivity index (χ0v) is 20.0. The summed E-state index contributed by atoms with van der Waals surface area (Å²) in [4.78, 5) is 27.5. The van der Waals surface area contributed by atoms with Crippen molar-refractivity contribution in [2.24, 2.45) is 23.5 Å². The molecular weight excluding hydrogens is 419 g/mol. The van der Waals surface area contributed by atoms with Crippen molar-refractivity contribution in [3.05, 3.63) is 64.9 Å². The maximum atomic E-state index is 14.1. The molecule has 2 amide bonds. The number of likely N-dealkylation sites (tertiary alicyclic amines) is 1. The number of carbonyl (C=O) groups is 2. The molecule has 1 saturated heterocycles. The lowest BCUT2D eigenvalue weighted by atomic mass is 10.0. The van der Waals surface area contributed by atoms with Crippen LogP contribution in [0.25, 0.3) is 5.57 Å². The van der Waals surface area contributed by atoms with Crippen LogP contribution in [0, 0.1) is 23.6 Å². The molecule has 2 atom stereocenters. The topological polar surface area (TPSA) is 87.5 Å². The number of nitrogens with two attached hydrogens (primary N) is 1. The van der Waals surface area contributed by atoms with Gasteiger partial charge in [-0.25, -0.2) is 4.39 Å². The summed E-state index contributed by atoms with van der Waals surface area (Å²) in [6, 6.07) is 4.75. The van der Waals surface area contributed by atoms with Gasteiger partial charge in [-0.1, -0.05) is 6.92 Å². The van der Waals surface area contributed by atoms with Crippen molar-refractivity contribution >= 4 is 17.4 Å². The van der Waals surface area contributed by atoms with Crippen LogP contribution in [0.3, 0.4) is 0 Å². The van der Waals surface area contributed by atoms with Crippen molar-refractivity contribution in [3.63, 3.8) is 0 Å². The van der Waals surface area contributed by atoms with E-state index in [2.05, 4.69) is 10.6 Å². The van der Waals surface area contributed by atoms with E-state index < -0.39 is 5.92 Å². The van der Waals surface area contributed by atoms with E-state index in [9.17, 15) is 14.0 Å². The van der Waals surface area contributed by atoms with Gasteiger partial charge in [0.25, 0.3) is 0 Å². The predicted molar refractivity (Wildman–Crippen MR) is 129 cm³/mol. The molecule has 178 valence electrons. The number of nitrogens with zero attached hydrogens (tertiary/aromatic N) is 1. The zero-order valence-electron chi connectivity index (χ0n) is 20.0. The first-order valence-electron chi connectivity index (χ1n) is 11.6. The summed E-state index contributed by atoms with van der Waals surface area (Å²) in [6.45, 7) is 6.30. The van der Waals surface area contributed by atoms with Gasteiger partial charge in [0.15, 0.2) is 0 Å². The number of amides is 2. The molecule has 1 heterocycles. The van der Waals surface area contributed by atoms with Crippen molar-refractivity contribution in [2.45, 2.75) is 46.6 Å². The van der Waals surface area contributed by atoms with Crippen LogP contribution in [0.15, 0.2) is 47.9 Å². The first kappa shape index (κ1) is 24.6. The molecule has 1 aromatic rings. The van der Waals surface area contributed by atoms with Crippen molar-refractivity contribution in [1.82, 2.24) is 15.5 Å². The van der Waals surface area contributed by atoms with Crippen molar-refractivity contribution in [2.75, 3.05) is 13.6 Å². The third-order valence-corrected chi connectivity index (χ3v) is 6.20. The Labute approximate surface area is 195 Å². The molecule has 0 radical (unpaired) electrons. The molecule has 2 fully saturated rings. The van der Waals surface area contributed by atoms with Gasteiger partial charge in [0.1, 0.15) is 5.82 Å². The highest BCUT2D eigenvalue weighted by atomic mass is 19.1. The van der Waals surface area contributed by atoms with Gasteiger partial charge < -0.3 is 21.3 Å². The quantitative estimate of drug-likeness (QED) is 0.497. The molecule has 1 aliphatic carbocycles. The number of hydrogen-bond donors (Lipinski definition) is 3. The van der Waals surface area contributed by atoms with Crippen LogP contribution in [0.4, 0.5) is 4.39 Å². The largest absolute Gasteiger partial charge is 0.402 e. The van der Waals surface area contributed by atoms with Gasteiger partial charge in [-0.2, -0.15) is 0 Å². The predicted octanol–water partition coefficient (Wildman–Crippen LogP) is 3.66. The van der Waals surface area contributed by atoms with Crippen LogP contribution in [0.2, 0.25) is 0 Å². The Morgan fingerprint density at radius 1 is 1.27 bits per heavy atom. The second-order valence-electron chi connectivity index (χ2n) is 9.17. The Morgan fingerprint density at radius 3 is 2.64 bits per heavy atom. The first-order chi connectivity index (χ1) is 15.7. The summed E-state index contributed by atoms with van der Waals surface area (Å²) in [5.41, 5.74) is 9.49. The highest BCUT2D eigenvalue weighted by Crippen LogP contribution is 2.42. The lowest BCUT2D eigenvalue weighted by Gasteiger charge is -2.20. The normalized spacial score (nSPS) is 20.8. The van der Waals surface area contributed by atoms with Crippen LogP contribution in [-0.2, 0) is 16.1 Å². The van der Waals surface area contributed by atoms with Crippen molar-refractivity contribution < 1.29 is 14.0 Å². The van der Waals surface area contributed by atoms with Gasteiger partial charge in [-0.05, 0) is 92.3 Å². The fourth-order valence-electron chi connectivity index (χ4n) is 4.31. The van der Waals surface area contributed by atoms with Crippen molar-refractivity contribution in [3.8, 4) is 0 Å². The van der Waals surface area contributed by atoms with E-state index in [-0.39, 0.29) is 30.1 Å². The lowest BCUT2D eigenvalue weighted by molar-refractivity contribution is -0.130. The van der Waals surface area contributed by atoms with Gasteiger partial charge in [0, 0.05) is 37.4 Å². The minimum absolute atomic E-state index is 0.0894. The number of hydrogen-bond acceptors (Lipinski definition) is 4. The van der Waals surface area contributed by atoms with Crippen molar-refractivity contribution in [1.29, 1.82) is 0 Å². The smallest absolute Gasteiger partial charge is 0.230 e. The highest BCUT2D eigenvalue weighted by molar-refractivity contribution is 5.84. The van der Waals surface area contributed by atoms with E-state index >= 15 is 0 Å². The molecule has 1 aromatic carbocycles. The average molecular weight is 455 g/mol. The molecule has 3 rings (SSSR count). The monoisotopic (exact) mass is 454 g/mol. The molecule has 0 aromatic heterocycles. The van der Waals surface area contributed by atoms with E-state index in [1.54, 1.807) is 44.1 Å². The van der Waals surface area contributed by atoms with E-state index in [1.165, 1.54) is 12.1 Å². The molecule has 1 saturated carbocycles. The molecule has 33 heavy (non-hydrogen) atoms. The summed E-state index contributed by atoms with van der Waals surface area (Å²) in [7, 11) is 1.79. The van der Waals surface area contributed by atoms with E-state index in [1.807, 2.05) is 13.0 Å². The molecule has 7 heteroatoms. The third kappa shape index (κ3) is 6.46. The molecular formula is C26H35FN4O2. The minimum atomic E-state index is -0.484. The van der Waals surface area contributed by atoms with Crippen LogP contribution >= 0.6 is 0 Å². The second-order valence-corrected chi connectivity index (χ2v) is 9.17. The van der Waals surface area contributed by atoms with Gasteiger partial charge in [-0.3, -0.25) is 9.59 Å².